The lowest BCUT2D eigenvalue weighted by molar-refractivity contribution is 0.163. The molecule has 1 unspecified atom stereocenters. The first-order valence-corrected chi connectivity index (χ1v) is 4.92. The van der Waals surface area contributed by atoms with Crippen molar-refractivity contribution < 1.29 is 5.11 Å². The number of aromatic nitrogens is 2. The van der Waals surface area contributed by atoms with Crippen molar-refractivity contribution in [3.63, 3.8) is 0 Å². The van der Waals surface area contributed by atoms with Crippen LogP contribution in [0.15, 0.2) is 12.4 Å². The standard InChI is InChI=1S/C10H19N3O/c1-9(14)4-5-12(2)7-10-6-11-13(3)8-10/h6,8-9,14H,4-5,7H2,1-3H3. The molecule has 4 heteroatoms. The minimum absolute atomic E-state index is 0.216. The van der Waals surface area contributed by atoms with E-state index in [1.807, 2.05) is 26.4 Å². The van der Waals surface area contributed by atoms with E-state index in [2.05, 4.69) is 17.0 Å². The zero-order valence-corrected chi connectivity index (χ0v) is 9.14. The van der Waals surface area contributed by atoms with Crippen LogP contribution in [-0.2, 0) is 13.6 Å². The first kappa shape index (κ1) is 11.2. The molecule has 1 aromatic heterocycles. The van der Waals surface area contributed by atoms with Crippen molar-refractivity contribution in [2.75, 3.05) is 13.6 Å². The molecule has 0 radical (unpaired) electrons. The summed E-state index contributed by atoms with van der Waals surface area (Å²) in [6.45, 7) is 3.62. The molecule has 0 aliphatic carbocycles. The fourth-order valence-corrected chi connectivity index (χ4v) is 1.35. The van der Waals surface area contributed by atoms with Crippen LogP contribution in [0.1, 0.15) is 18.9 Å². The Morgan fingerprint density at radius 1 is 1.64 bits per heavy atom. The molecule has 0 saturated heterocycles. The quantitative estimate of drug-likeness (QED) is 0.752. The number of aryl methyl sites for hydroxylation is 1. The van der Waals surface area contributed by atoms with Crippen LogP contribution in [0.25, 0.3) is 0 Å². The van der Waals surface area contributed by atoms with E-state index >= 15 is 0 Å². The molecule has 0 saturated carbocycles. The monoisotopic (exact) mass is 197 g/mol. The number of aliphatic hydroxyl groups is 1. The molecule has 1 N–H and O–H groups in total. The second-order valence-electron chi connectivity index (χ2n) is 3.90. The van der Waals surface area contributed by atoms with Gasteiger partial charge in [-0.25, -0.2) is 0 Å². The van der Waals surface area contributed by atoms with Gasteiger partial charge in [-0.3, -0.25) is 4.68 Å². The van der Waals surface area contributed by atoms with Gasteiger partial charge in [0, 0.05) is 31.9 Å². The molecule has 14 heavy (non-hydrogen) atoms. The van der Waals surface area contributed by atoms with Gasteiger partial charge in [0.2, 0.25) is 0 Å². The molecule has 1 heterocycles. The molecule has 0 bridgehead atoms. The summed E-state index contributed by atoms with van der Waals surface area (Å²) in [5, 5.41) is 13.2. The number of rotatable bonds is 5. The number of aliphatic hydroxyl groups excluding tert-OH is 1. The van der Waals surface area contributed by atoms with Crippen LogP contribution in [0.4, 0.5) is 0 Å². The average Bonchev–Trinajstić information content (AvgIpc) is 2.48. The topological polar surface area (TPSA) is 41.3 Å². The Bertz CT molecular complexity index is 270. The van der Waals surface area contributed by atoms with Gasteiger partial charge >= 0.3 is 0 Å². The summed E-state index contributed by atoms with van der Waals surface area (Å²) in [6.07, 6.45) is 4.49. The van der Waals surface area contributed by atoms with Crippen molar-refractivity contribution >= 4 is 0 Å². The van der Waals surface area contributed by atoms with Crippen LogP contribution in [0, 0.1) is 0 Å². The van der Waals surface area contributed by atoms with Crippen molar-refractivity contribution in [3.05, 3.63) is 18.0 Å². The van der Waals surface area contributed by atoms with Gasteiger partial charge in [-0.05, 0) is 20.4 Å². The Morgan fingerprint density at radius 3 is 2.86 bits per heavy atom. The van der Waals surface area contributed by atoms with Crippen molar-refractivity contribution in [1.29, 1.82) is 0 Å². The summed E-state index contributed by atoms with van der Waals surface area (Å²) in [5.41, 5.74) is 1.21. The molecule has 4 nitrogen and oxygen atoms in total. The third-order valence-corrected chi connectivity index (χ3v) is 2.14. The maximum absolute atomic E-state index is 9.13. The van der Waals surface area contributed by atoms with E-state index < -0.39 is 0 Å². The first-order chi connectivity index (χ1) is 6.58. The fourth-order valence-electron chi connectivity index (χ4n) is 1.35. The Labute approximate surface area is 85.1 Å². The number of hydrogen-bond donors (Lipinski definition) is 1. The first-order valence-electron chi connectivity index (χ1n) is 4.92. The van der Waals surface area contributed by atoms with E-state index in [1.54, 1.807) is 4.68 Å². The number of nitrogens with zero attached hydrogens (tertiary/aromatic N) is 3. The van der Waals surface area contributed by atoms with E-state index in [4.69, 9.17) is 5.11 Å². The fraction of sp³-hybridized carbons (Fsp3) is 0.700. The SMILES string of the molecule is CC(O)CCN(C)Cc1cnn(C)c1. The summed E-state index contributed by atoms with van der Waals surface area (Å²) >= 11 is 0. The van der Waals surface area contributed by atoms with Crippen LogP contribution in [-0.4, -0.2) is 39.5 Å². The Kier molecular flexibility index (Phi) is 4.10. The summed E-state index contributed by atoms with van der Waals surface area (Å²) in [5.74, 6) is 0. The smallest absolute Gasteiger partial charge is 0.0534 e. The Hall–Kier alpha value is -0.870. The zero-order chi connectivity index (χ0) is 10.6. The highest BCUT2D eigenvalue weighted by Gasteiger charge is 2.03. The van der Waals surface area contributed by atoms with E-state index in [-0.39, 0.29) is 6.10 Å². The lowest BCUT2D eigenvalue weighted by Gasteiger charge is -2.16. The minimum atomic E-state index is -0.216. The van der Waals surface area contributed by atoms with E-state index in [9.17, 15) is 0 Å². The third-order valence-electron chi connectivity index (χ3n) is 2.14. The van der Waals surface area contributed by atoms with Gasteiger partial charge in [0.15, 0.2) is 0 Å². The minimum Gasteiger partial charge on any atom is -0.393 e. The van der Waals surface area contributed by atoms with Crippen molar-refractivity contribution in [3.8, 4) is 0 Å². The van der Waals surface area contributed by atoms with Gasteiger partial charge in [0.05, 0.1) is 12.3 Å². The van der Waals surface area contributed by atoms with E-state index in [0.29, 0.717) is 0 Å². The largest absolute Gasteiger partial charge is 0.393 e. The van der Waals surface area contributed by atoms with Gasteiger partial charge in [0.1, 0.15) is 0 Å². The third kappa shape index (κ3) is 3.89. The van der Waals surface area contributed by atoms with Crippen molar-refractivity contribution in [2.24, 2.45) is 7.05 Å². The summed E-state index contributed by atoms with van der Waals surface area (Å²) < 4.78 is 1.80. The van der Waals surface area contributed by atoms with Crippen LogP contribution >= 0.6 is 0 Å². The average molecular weight is 197 g/mol. The maximum Gasteiger partial charge on any atom is 0.0534 e. The zero-order valence-electron chi connectivity index (χ0n) is 9.14. The molecule has 0 fully saturated rings. The normalized spacial score (nSPS) is 13.5. The van der Waals surface area contributed by atoms with Crippen molar-refractivity contribution in [2.45, 2.75) is 26.0 Å². The molecule has 1 atom stereocenters. The van der Waals surface area contributed by atoms with Gasteiger partial charge in [-0.15, -0.1) is 0 Å². The Balaban J connectivity index is 2.30. The molecule has 1 rings (SSSR count). The highest BCUT2D eigenvalue weighted by molar-refractivity contribution is 5.02. The van der Waals surface area contributed by atoms with E-state index in [0.717, 1.165) is 19.5 Å². The second-order valence-corrected chi connectivity index (χ2v) is 3.90. The summed E-state index contributed by atoms with van der Waals surface area (Å²) in [4.78, 5) is 2.18. The predicted octanol–water partition coefficient (Wildman–Crippen LogP) is 0.623. The molecular weight excluding hydrogens is 178 g/mol. The van der Waals surface area contributed by atoms with E-state index in [1.165, 1.54) is 5.56 Å². The molecule has 1 aromatic rings. The molecular formula is C10H19N3O. The van der Waals surface area contributed by atoms with Crippen molar-refractivity contribution in [1.82, 2.24) is 14.7 Å². The lowest BCUT2D eigenvalue weighted by atomic mass is 10.2. The molecule has 0 amide bonds. The summed E-state index contributed by atoms with van der Waals surface area (Å²) in [6, 6.07) is 0. The lowest BCUT2D eigenvalue weighted by Crippen LogP contribution is -2.21. The second kappa shape index (κ2) is 5.12. The predicted molar refractivity (Wildman–Crippen MR) is 55.8 cm³/mol. The molecule has 0 aliphatic rings. The van der Waals surface area contributed by atoms with Gasteiger partial charge in [-0.1, -0.05) is 0 Å². The molecule has 0 aromatic carbocycles. The van der Waals surface area contributed by atoms with Crippen LogP contribution in [0.5, 0.6) is 0 Å². The van der Waals surface area contributed by atoms with Crippen LogP contribution in [0.3, 0.4) is 0 Å². The highest BCUT2D eigenvalue weighted by atomic mass is 16.3. The van der Waals surface area contributed by atoms with Crippen LogP contribution < -0.4 is 0 Å². The molecule has 80 valence electrons. The maximum atomic E-state index is 9.13. The highest BCUT2D eigenvalue weighted by Crippen LogP contribution is 2.02. The molecule has 0 spiro atoms. The van der Waals surface area contributed by atoms with Gasteiger partial charge < -0.3 is 10.0 Å². The molecule has 0 aliphatic heterocycles. The van der Waals surface area contributed by atoms with Gasteiger partial charge in [-0.2, -0.15) is 5.10 Å². The van der Waals surface area contributed by atoms with Crippen LogP contribution in [0.2, 0.25) is 0 Å². The number of hydrogen-bond acceptors (Lipinski definition) is 3. The summed E-state index contributed by atoms with van der Waals surface area (Å²) in [7, 11) is 3.97. The Morgan fingerprint density at radius 2 is 2.36 bits per heavy atom. The van der Waals surface area contributed by atoms with Gasteiger partial charge in [0.25, 0.3) is 0 Å².